The van der Waals surface area contributed by atoms with E-state index in [-0.39, 0.29) is 5.78 Å². The fourth-order valence-electron chi connectivity index (χ4n) is 2.54. The lowest BCUT2D eigenvalue weighted by Gasteiger charge is -2.34. The SMILES string of the molecule is O=C(CN1CCN(CC2CC2)CC1)c1ccc(Cl)s1. The Kier molecular flexibility index (Phi) is 4.22. The zero-order valence-electron chi connectivity index (χ0n) is 11.0. The van der Waals surface area contributed by atoms with Crippen molar-refractivity contribution in [1.29, 1.82) is 0 Å². The van der Waals surface area contributed by atoms with Crippen LogP contribution in [-0.4, -0.2) is 54.9 Å². The summed E-state index contributed by atoms with van der Waals surface area (Å²) in [5.74, 6) is 1.16. The zero-order chi connectivity index (χ0) is 13.2. The highest BCUT2D eigenvalue weighted by Crippen LogP contribution is 2.30. The fourth-order valence-corrected chi connectivity index (χ4v) is 3.51. The van der Waals surface area contributed by atoms with Crippen molar-refractivity contribution in [3.8, 4) is 0 Å². The van der Waals surface area contributed by atoms with Gasteiger partial charge in [-0.1, -0.05) is 11.6 Å². The minimum Gasteiger partial charge on any atom is -0.301 e. The fraction of sp³-hybridized carbons (Fsp3) is 0.643. The lowest BCUT2D eigenvalue weighted by Crippen LogP contribution is -2.48. The van der Waals surface area contributed by atoms with E-state index in [0.717, 1.165) is 37.0 Å². The lowest BCUT2D eigenvalue weighted by atomic mass is 10.2. The first-order valence-electron chi connectivity index (χ1n) is 6.94. The van der Waals surface area contributed by atoms with Gasteiger partial charge in [-0.15, -0.1) is 11.3 Å². The largest absolute Gasteiger partial charge is 0.301 e. The molecule has 19 heavy (non-hydrogen) atoms. The van der Waals surface area contributed by atoms with E-state index >= 15 is 0 Å². The smallest absolute Gasteiger partial charge is 0.186 e. The van der Waals surface area contributed by atoms with Gasteiger partial charge in [0.1, 0.15) is 0 Å². The first kappa shape index (κ1) is 13.6. The predicted octanol–water partition coefficient (Wildman–Crippen LogP) is 2.61. The number of hydrogen-bond donors (Lipinski definition) is 0. The summed E-state index contributed by atoms with van der Waals surface area (Å²) in [5.41, 5.74) is 0. The Morgan fingerprint density at radius 3 is 2.47 bits per heavy atom. The Labute approximate surface area is 123 Å². The van der Waals surface area contributed by atoms with Gasteiger partial charge in [0.2, 0.25) is 0 Å². The molecule has 3 rings (SSSR count). The summed E-state index contributed by atoms with van der Waals surface area (Å²) >= 11 is 7.25. The van der Waals surface area contributed by atoms with Crippen molar-refractivity contribution >= 4 is 28.7 Å². The van der Waals surface area contributed by atoms with Gasteiger partial charge in [-0.05, 0) is 30.9 Å². The predicted molar refractivity (Wildman–Crippen MR) is 79.3 cm³/mol. The van der Waals surface area contributed by atoms with Crippen LogP contribution in [0.2, 0.25) is 4.34 Å². The topological polar surface area (TPSA) is 23.6 Å². The van der Waals surface area contributed by atoms with Crippen LogP contribution in [0.1, 0.15) is 22.5 Å². The van der Waals surface area contributed by atoms with Gasteiger partial charge in [-0.3, -0.25) is 9.69 Å². The number of Topliss-reactive ketones (excluding diaryl/α,β-unsaturated/α-hetero) is 1. The van der Waals surface area contributed by atoms with E-state index in [1.165, 1.54) is 30.7 Å². The average molecular weight is 299 g/mol. The lowest BCUT2D eigenvalue weighted by molar-refractivity contribution is 0.0851. The summed E-state index contributed by atoms with van der Waals surface area (Å²) in [4.78, 5) is 17.7. The van der Waals surface area contributed by atoms with Crippen LogP contribution in [0.3, 0.4) is 0 Å². The van der Waals surface area contributed by atoms with Gasteiger partial charge < -0.3 is 4.90 Å². The second-order valence-electron chi connectivity index (χ2n) is 5.55. The number of piperazine rings is 1. The molecular weight excluding hydrogens is 280 g/mol. The van der Waals surface area contributed by atoms with Crippen LogP contribution in [0.25, 0.3) is 0 Å². The second kappa shape index (κ2) is 5.92. The summed E-state index contributed by atoms with van der Waals surface area (Å²) in [6.45, 7) is 6.04. The van der Waals surface area contributed by atoms with Gasteiger partial charge in [0.05, 0.1) is 15.8 Å². The van der Waals surface area contributed by atoms with Crippen molar-refractivity contribution < 1.29 is 4.79 Å². The number of carbonyl (C=O) groups excluding carboxylic acids is 1. The van der Waals surface area contributed by atoms with Gasteiger partial charge in [0.15, 0.2) is 5.78 Å². The average Bonchev–Trinajstić information content (AvgIpc) is 3.11. The molecule has 0 spiro atoms. The summed E-state index contributed by atoms with van der Waals surface area (Å²) in [7, 11) is 0. The van der Waals surface area contributed by atoms with Crippen LogP contribution in [0, 0.1) is 5.92 Å². The molecule has 2 fully saturated rings. The Balaban J connectivity index is 1.45. The van der Waals surface area contributed by atoms with E-state index in [0.29, 0.717) is 10.9 Å². The molecule has 2 aliphatic rings. The van der Waals surface area contributed by atoms with Crippen LogP contribution in [0.15, 0.2) is 12.1 Å². The number of halogens is 1. The molecule has 0 unspecified atom stereocenters. The third-order valence-electron chi connectivity index (χ3n) is 3.89. The van der Waals surface area contributed by atoms with E-state index in [1.807, 2.05) is 6.07 Å². The third-order valence-corrected chi connectivity index (χ3v) is 5.17. The maximum Gasteiger partial charge on any atom is 0.186 e. The molecule has 1 aliphatic carbocycles. The van der Waals surface area contributed by atoms with Crippen molar-refractivity contribution in [2.75, 3.05) is 39.3 Å². The zero-order valence-corrected chi connectivity index (χ0v) is 12.6. The number of rotatable bonds is 5. The molecule has 0 amide bonds. The van der Waals surface area contributed by atoms with Crippen LogP contribution < -0.4 is 0 Å². The van der Waals surface area contributed by atoms with Gasteiger partial charge in [-0.2, -0.15) is 0 Å². The van der Waals surface area contributed by atoms with Crippen LogP contribution in [0.4, 0.5) is 0 Å². The molecule has 1 saturated carbocycles. The number of thiophene rings is 1. The minimum atomic E-state index is 0.201. The molecule has 5 heteroatoms. The molecule has 1 saturated heterocycles. The Hall–Kier alpha value is -0.420. The standard InChI is InChI=1S/C14H19ClN2OS/c15-14-4-3-13(19-14)12(18)10-17-7-5-16(6-8-17)9-11-1-2-11/h3-4,11H,1-2,5-10H2. The monoisotopic (exact) mass is 298 g/mol. The molecule has 1 aromatic heterocycles. The van der Waals surface area contributed by atoms with E-state index in [2.05, 4.69) is 9.80 Å². The molecule has 0 atom stereocenters. The summed E-state index contributed by atoms with van der Waals surface area (Å²) in [6, 6.07) is 3.63. The van der Waals surface area contributed by atoms with E-state index in [4.69, 9.17) is 11.6 Å². The number of carbonyl (C=O) groups is 1. The van der Waals surface area contributed by atoms with E-state index < -0.39 is 0 Å². The maximum absolute atomic E-state index is 12.1. The van der Waals surface area contributed by atoms with Crippen molar-refractivity contribution in [1.82, 2.24) is 9.80 Å². The van der Waals surface area contributed by atoms with Crippen molar-refractivity contribution in [2.24, 2.45) is 5.92 Å². The Morgan fingerprint density at radius 1 is 1.21 bits per heavy atom. The first-order chi connectivity index (χ1) is 9.20. The minimum absolute atomic E-state index is 0.201. The summed E-state index contributed by atoms with van der Waals surface area (Å²) < 4.78 is 0.692. The molecule has 0 aromatic carbocycles. The maximum atomic E-state index is 12.1. The molecule has 0 N–H and O–H groups in total. The molecule has 0 bridgehead atoms. The van der Waals surface area contributed by atoms with Crippen molar-refractivity contribution in [3.63, 3.8) is 0 Å². The second-order valence-corrected chi connectivity index (χ2v) is 7.26. The summed E-state index contributed by atoms with van der Waals surface area (Å²) in [5, 5.41) is 0. The highest BCUT2D eigenvalue weighted by atomic mass is 35.5. The molecule has 104 valence electrons. The Morgan fingerprint density at radius 2 is 1.89 bits per heavy atom. The van der Waals surface area contributed by atoms with Gasteiger partial charge >= 0.3 is 0 Å². The highest BCUT2D eigenvalue weighted by molar-refractivity contribution is 7.18. The van der Waals surface area contributed by atoms with Crippen LogP contribution in [0.5, 0.6) is 0 Å². The normalized spacial score (nSPS) is 21.7. The first-order valence-corrected chi connectivity index (χ1v) is 8.13. The van der Waals surface area contributed by atoms with Crippen molar-refractivity contribution in [3.05, 3.63) is 21.3 Å². The van der Waals surface area contributed by atoms with E-state index in [9.17, 15) is 4.79 Å². The molecular formula is C14H19ClN2OS. The number of hydrogen-bond acceptors (Lipinski definition) is 4. The van der Waals surface area contributed by atoms with Crippen LogP contribution in [-0.2, 0) is 0 Å². The molecule has 2 heterocycles. The summed E-state index contributed by atoms with van der Waals surface area (Å²) in [6.07, 6.45) is 2.83. The van der Waals surface area contributed by atoms with Gasteiger partial charge in [-0.25, -0.2) is 0 Å². The number of nitrogens with zero attached hydrogens (tertiary/aromatic N) is 2. The molecule has 1 aliphatic heterocycles. The highest BCUT2D eigenvalue weighted by Gasteiger charge is 2.26. The third kappa shape index (κ3) is 3.78. The Bertz CT molecular complexity index is 450. The van der Waals surface area contributed by atoms with Gasteiger partial charge in [0.25, 0.3) is 0 Å². The molecule has 1 aromatic rings. The van der Waals surface area contributed by atoms with Crippen molar-refractivity contribution in [2.45, 2.75) is 12.8 Å². The molecule has 0 radical (unpaired) electrons. The van der Waals surface area contributed by atoms with Gasteiger partial charge in [0, 0.05) is 32.7 Å². The van der Waals surface area contributed by atoms with Crippen LogP contribution >= 0.6 is 22.9 Å². The number of ketones is 1. The van der Waals surface area contributed by atoms with E-state index in [1.54, 1.807) is 6.07 Å². The molecule has 3 nitrogen and oxygen atoms in total. The quantitative estimate of drug-likeness (QED) is 0.781.